The number of amides is 1. The van der Waals surface area contributed by atoms with Crippen LogP contribution >= 0.6 is 0 Å². The molecule has 1 rings (SSSR count). The molecular weight excluding hydrogens is 235 g/mol. The van der Waals surface area contributed by atoms with Crippen LogP contribution in [0.15, 0.2) is 18.2 Å². The van der Waals surface area contributed by atoms with Gasteiger partial charge >= 0.3 is 0 Å². The van der Waals surface area contributed by atoms with Crippen molar-refractivity contribution in [3.63, 3.8) is 0 Å². The van der Waals surface area contributed by atoms with Gasteiger partial charge in [0.25, 0.3) is 0 Å². The highest BCUT2D eigenvalue weighted by atomic mass is 19.1. The molecule has 0 aliphatic carbocycles. The summed E-state index contributed by atoms with van der Waals surface area (Å²) in [5.74, 6) is -0.677. The highest BCUT2D eigenvalue weighted by Gasteiger charge is 2.10. The van der Waals surface area contributed by atoms with Crippen molar-refractivity contribution in [2.24, 2.45) is 5.92 Å². The fourth-order valence-electron chi connectivity index (χ4n) is 1.56. The monoisotopic (exact) mass is 250 g/mol. The molecule has 0 spiro atoms. The topological polar surface area (TPSA) is 62.1 Å². The van der Waals surface area contributed by atoms with Gasteiger partial charge in [0.2, 0.25) is 5.91 Å². The minimum absolute atomic E-state index is 0.0854. The quantitative estimate of drug-likeness (QED) is 0.872. The van der Waals surface area contributed by atoms with E-state index in [9.17, 15) is 9.18 Å². The molecule has 5 heteroatoms. The lowest BCUT2D eigenvalue weighted by molar-refractivity contribution is -0.117. The van der Waals surface area contributed by atoms with E-state index in [1.807, 2.05) is 6.92 Å². The summed E-state index contributed by atoms with van der Waals surface area (Å²) >= 11 is 0. The summed E-state index contributed by atoms with van der Waals surface area (Å²) in [6.07, 6.45) is 0.313. The first-order chi connectivity index (χ1) is 8.56. The lowest BCUT2D eigenvalue weighted by Crippen LogP contribution is -2.17. The van der Waals surface area contributed by atoms with Crippen LogP contribution in [-0.2, 0) is 9.53 Å². The molecule has 0 heterocycles. The average molecular weight is 250 g/mol. The molecule has 1 amide bonds. The maximum atomic E-state index is 13.1. The van der Waals surface area contributed by atoms with Gasteiger partial charge in [-0.2, -0.15) is 5.26 Å². The number of nitrogens with one attached hydrogen (secondary N) is 1. The van der Waals surface area contributed by atoms with E-state index in [-0.39, 0.29) is 17.4 Å². The lowest BCUT2D eigenvalue weighted by atomic mass is 10.1. The van der Waals surface area contributed by atoms with E-state index in [1.165, 1.54) is 12.1 Å². The Labute approximate surface area is 105 Å². The van der Waals surface area contributed by atoms with Crippen LogP contribution in [0.4, 0.5) is 10.1 Å². The standard InChI is InChI=1S/C13H15FN2O2/c1-9(8-18-2)5-13(17)16-11-3-4-12(14)10(6-11)7-15/h3-4,6,9H,5,8H2,1-2H3,(H,16,17). The number of anilines is 1. The number of nitrogens with zero attached hydrogens (tertiary/aromatic N) is 1. The first-order valence-corrected chi connectivity index (χ1v) is 5.55. The number of benzene rings is 1. The molecule has 0 saturated heterocycles. The summed E-state index contributed by atoms with van der Waals surface area (Å²) in [4.78, 5) is 11.6. The fourth-order valence-corrected chi connectivity index (χ4v) is 1.56. The van der Waals surface area contributed by atoms with Gasteiger partial charge in [0.15, 0.2) is 0 Å². The normalized spacial score (nSPS) is 11.7. The maximum Gasteiger partial charge on any atom is 0.224 e. The Bertz CT molecular complexity index is 469. The molecule has 0 radical (unpaired) electrons. The van der Waals surface area contributed by atoms with Crippen molar-refractivity contribution in [2.75, 3.05) is 19.0 Å². The lowest BCUT2D eigenvalue weighted by Gasteiger charge is -2.10. The number of nitriles is 1. The Morgan fingerprint density at radius 2 is 2.33 bits per heavy atom. The predicted octanol–water partition coefficient (Wildman–Crippen LogP) is 2.31. The van der Waals surface area contributed by atoms with Gasteiger partial charge in [-0.05, 0) is 24.1 Å². The van der Waals surface area contributed by atoms with Crippen LogP contribution in [0.3, 0.4) is 0 Å². The average Bonchev–Trinajstić information content (AvgIpc) is 2.31. The van der Waals surface area contributed by atoms with Crippen LogP contribution in [0.5, 0.6) is 0 Å². The third kappa shape index (κ3) is 4.15. The zero-order valence-corrected chi connectivity index (χ0v) is 10.4. The van der Waals surface area contributed by atoms with Crippen LogP contribution in [0, 0.1) is 23.1 Å². The molecule has 1 atom stereocenters. The summed E-state index contributed by atoms with van der Waals surface area (Å²) in [5.41, 5.74) is 0.334. The molecule has 0 aliphatic heterocycles. The number of methoxy groups -OCH3 is 1. The molecule has 1 aromatic rings. The SMILES string of the molecule is COCC(C)CC(=O)Nc1ccc(F)c(C#N)c1. The Kier molecular flexibility index (Phi) is 5.28. The highest BCUT2D eigenvalue weighted by molar-refractivity contribution is 5.91. The van der Waals surface area contributed by atoms with Gasteiger partial charge in [0.1, 0.15) is 11.9 Å². The first-order valence-electron chi connectivity index (χ1n) is 5.55. The number of rotatable bonds is 5. The summed E-state index contributed by atoms with van der Waals surface area (Å²) in [6, 6.07) is 5.62. The van der Waals surface area contributed by atoms with Gasteiger partial charge in [-0.25, -0.2) is 4.39 Å². The molecule has 18 heavy (non-hydrogen) atoms. The third-order valence-electron chi connectivity index (χ3n) is 2.36. The van der Waals surface area contributed by atoms with Crippen molar-refractivity contribution in [3.8, 4) is 6.07 Å². The number of ether oxygens (including phenoxy) is 1. The van der Waals surface area contributed by atoms with Crippen molar-refractivity contribution in [1.29, 1.82) is 5.26 Å². The van der Waals surface area contributed by atoms with Crippen LogP contribution in [0.2, 0.25) is 0 Å². The second-order valence-electron chi connectivity index (χ2n) is 4.12. The highest BCUT2D eigenvalue weighted by Crippen LogP contribution is 2.14. The van der Waals surface area contributed by atoms with Gasteiger partial charge in [-0.15, -0.1) is 0 Å². The van der Waals surface area contributed by atoms with Crippen molar-refractivity contribution >= 4 is 11.6 Å². The number of hydrogen-bond acceptors (Lipinski definition) is 3. The van der Waals surface area contributed by atoms with Crippen LogP contribution < -0.4 is 5.32 Å². The number of halogens is 1. The van der Waals surface area contributed by atoms with Crippen molar-refractivity contribution in [1.82, 2.24) is 0 Å². The number of carbonyl (C=O) groups excluding carboxylic acids is 1. The van der Waals surface area contributed by atoms with Gasteiger partial charge in [-0.1, -0.05) is 6.92 Å². The predicted molar refractivity (Wildman–Crippen MR) is 65.4 cm³/mol. The van der Waals surface area contributed by atoms with E-state index in [0.717, 1.165) is 6.07 Å². The second kappa shape index (κ2) is 6.72. The van der Waals surface area contributed by atoms with Crippen molar-refractivity contribution in [3.05, 3.63) is 29.6 Å². The minimum Gasteiger partial charge on any atom is -0.384 e. The molecule has 0 aromatic heterocycles. The molecule has 1 N–H and O–H groups in total. The maximum absolute atomic E-state index is 13.1. The molecule has 1 aromatic carbocycles. The van der Waals surface area contributed by atoms with Crippen LogP contribution in [0.25, 0.3) is 0 Å². The number of carbonyl (C=O) groups is 1. The minimum atomic E-state index is -0.594. The molecular formula is C13H15FN2O2. The van der Waals surface area contributed by atoms with Gasteiger partial charge in [0.05, 0.1) is 5.56 Å². The third-order valence-corrected chi connectivity index (χ3v) is 2.36. The van der Waals surface area contributed by atoms with Crippen molar-refractivity contribution in [2.45, 2.75) is 13.3 Å². The molecule has 0 aliphatic rings. The van der Waals surface area contributed by atoms with E-state index in [1.54, 1.807) is 13.2 Å². The van der Waals surface area contributed by atoms with E-state index in [0.29, 0.717) is 18.7 Å². The Hall–Kier alpha value is -1.93. The zero-order valence-electron chi connectivity index (χ0n) is 10.4. The van der Waals surface area contributed by atoms with Gasteiger partial charge in [0, 0.05) is 25.8 Å². The molecule has 0 bridgehead atoms. The second-order valence-corrected chi connectivity index (χ2v) is 4.12. The van der Waals surface area contributed by atoms with Crippen LogP contribution in [0.1, 0.15) is 18.9 Å². The smallest absolute Gasteiger partial charge is 0.224 e. The molecule has 0 fully saturated rings. The summed E-state index contributed by atoms with van der Waals surface area (Å²) in [7, 11) is 1.58. The fraction of sp³-hybridized carbons (Fsp3) is 0.385. The Morgan fingerprint density at radius 1 is 1.61 bits per heavy atom. The molecule has 4 nitrogen and oxygen atoms in total. The summed E-state index contributed by atoms with van der Waals surface area (Å²) in [6.45, 7) is 2.40. The summed E-state index contributed by atoms with van der Waals surface area (Å²) in [5, 5.41) is 11.3. The Balaban J connectivity index is 2.62. The largest absolute Gasteiger partial charge is 0.384 e. The number of hydrogen-bond donors (Lipinski definition) is 1. The van der Waals surface area contributed by atoms with Gasteiger partial charge in [-0.3, -0.25) is 4.79 Å². The van der Waals surface area contributed by atoms with Gasteiger partial charge < -0.3 is 10.1 Å². The summed E-state index contributed by atoms with van der Waals surface area (Å²) < 4.78 is 18.0. The van der Waals surface area contributed by atoms with E-state index >= 15 is 0 Å². The van der Waals surface area contributed by atoms with E-state index in [4.69, 9.17) is 10.00 Å². The molecule has 0 saturated carbocycles. The van der Waals surface area contributed by atoms with Crippen molar-refractivity contribution < 1.29 is 13.9 Å². The van der Waals surface area contributed by atoms with E-state index in [2.05, 4.69) is 5.32 Å². The molecule has 96 valence electrons. The molecule has 1 unspecified atom stereocenters. The zero-order chi connectivity index (χ0) is 13.5. The first kappa shape index (κ1) is 14.1. The Morgan fingerprint density at radius 3 is 2.94 bits per heavy atom. The van der Waals surface area contributed by atoms with Crippen LogP contribution in [-0.4, -0.2) is 19.6 Å². The van der Waals surface area contributed by atoms with E-state index < -0.39 is 5.82 Å².